The van der Waals surface area contributed by atoms with Crippen LogP contribution in [0.25, 0.3) is 0 Å². The molecule has 0 radical (unpaired) electrons. The Hall–Kier alpha value is -0.920. The molecule has 0 aliphatic heterocycles. The fourth-order valence-corrected chi connectivity index (χ4v) is 2.26. The van der Waals surface area contributed by atoms with E-state index in [1.54, 1.807) is 6.20 Å². The molecule has 2 heterocycles. The monoisotopic (exact) mass is 360 g/mol. The van der Waals surface area contributed by atoms with Crippen molar-refractivity contribution in [2.45, 2.75) is 23.5 Å². The van der Waals surface area contributed by atoms with Gasteiger partial charge in [-0.2, -0.15) is 15.0 Å². The summed E-state index contributed by atoms with van der Waals surface area (Å²) in [5.41, 5.74) is 0. The van der Waals surface area contributed by atoms with Gasteiger partial charge in [-0.05, 0) is 57.8 Å². The largest absolute Gasteiger partial charge is 0.463 e. The smallest absolute Gasteiger partial charge is 0.321 e. The van der Waals surface area contributed by atoms with Crippen LogP contribution in [0.2, 0.25) is 5.28 Å². The average Bonchev–Trinajstić information content (AvgIpc) is 2.38. The third kappa shape index (κ3) is 4.59. The van der Waals surface area contributed by atoms with E-state index in [1.165, 1.54) is 11.8 Å². The summed E-state index contributed by atoms with van der Waals surface area (Å²) in [6.07, 6.45) is 2.58. The molecule has 0 aliphatic rings. The number of aromatic nitrogens is 4. The molecule has 2 aromatic heterocycles. The van der Waals surface area contributed by atoms with Gasteiger partial charge in [-0.3, -0.25) is 0 Å². The molecule has 2 aromatic rings. The first-order valence-corrected chi connectivity index (χ1v) is 7.50. The van der Waals surface area contributed by atoms with E-state index >= 15 is 0 Å². The molecule has 0 atom stereocenters. The lowest BCUT2D eigenvalue weighted by Crippen LogP contribution is -2.02. The maximum Gasteiger partial charge on any atom is 0.321 e. The van der Waals surface area contributed by atoms with Gasteiger partial charge in [-0.15, -0.1) is 0 Å². The van der Waals surface area contributed by atoms with Crippen LogP contribution in [0.1, 0.15) is 13.3 Å². The van der Waals surface area contributed by atoms with Crippen molar-refractivity contribution in [2.24, 2.45) is 0 Å². The van der Waals surface area contributed by atoms with Crippen molar-refractivity contribution in [3.05, 3.63) is 28.1 Å². The Bertz CT molecular complexity index is 555. The predicted molar refractivity (Wildman–Crippen MR) is 76.7 cm³/mol. The second-order valence-electron chi connectivity index (χ2n) is 3.43. The van der Waals surface area contributed by atoms with Gasteiger partial charge in [0, 0.05) is 10.7 Å². The van der Waals surface area contributed by atoms with Crippen LogP contribution in [0.3, 0.4) is 0 Å². The highest BCUT2D eigenvalue weighted by atomic mass is 79.9. The van der Waals surface area contributed by atoms with Crippen LogP contribution >= 0.6 is 39.3 Å². The van der Waals surface area contributed by atoms with Crippen LogP contribution in [0.15, 0.2) is 33.0 Å². The van der Waals surface area contributed by atoms with Crippen molar-refractivity contribution in [3.63, 3.8) is 0 Å². The first-order valence-electron chi connectivity index (χ1n) is 5.51. The molecule has 0 fully saturated rings. The van der Waals surface area contributed by atoms with E-state index in [-0.39, 0.29) is 11.3 Å². The summed E-state index contributed by atoms with van der Waals surface area (Å²) in [4.78, 5) is 16.3. The molecule has 5 nitrogen and oxygen atoms in total. The zero-order chi connectivity index (χ0) is 13.7. The summed E-state index contributed by atoms with van der Waals surface area (Å²) >= 11 is 10.5. The van der Waals surface area contributed by atoms with Gasteiger partial charge in [0.2, 0.25) is 10.4 Å². The Morgan fingerprint density at radius 3 is 2.84 bits per heavy atom. The van der Waals surface area contributed by atoms with Gasteiger partial charge in [0.05, 0.1) is 6.61 Å². The summed E-state index contributed by atoms with van der Waals surface area (Å²) in [5, 5.41) is 1.34. The lowest BCUT2D eigenvalue weighted by atomic mass is 10.5. The molecule has 0 N–H and O–H groups in total. The highest BCUT2D eigenvalue weighted by Crippen LogP contribution is 2.25. The molecule has 0 unspecified atom stereocenters. The first kappa shape index (κ1) is 14.5. The zero-order valence-corrected chi connectivity index (χ0v) is 13.2. The van der Waals surface area contributed by atoms with Crippen LogP contribution in [-0.4, -0.2) is 26.5 Å². The highest BCUT2D eigenvalue weighted by Gasteiger charge is 2.08. The molecule has 0 spiro atoms. The van der Waals surface area contributed by atoms with E-state index in [4.69, 9.17) is 16.3 Å². The number of hydrogen-bond donors (Lipinski definition) is 0. The molecule has 0 aliphatic carbocycles. The minimum atomic E-state index is 0.112. The molecule has 0 saturated carbocycles. The van der Waals surface area contributed by atoms with E-state index in [1.807, 2.05) is 19.1 Å². The van der Waals surface area contributed by atoms with Crippen molar-refractivity contribution in [2.75, 3.05) is 6.61 Å². The van der Waals surface area contributed by atoms with Gasteiger partial charge < -0.3 is 4.74 Å². The Morgan fingerprint density at radius 2 is 2.16 bits per heavy atom. The SMILES string of the molecule is CCCOc1nc(Cl)nc(Sc2ccc(Br)cn2)n1. The molecular formula is C11H10BrClN4OS. The Kier molecular flexibility index (Phi) is 5.35. The van der Waals surface area contributed by atoms with Crippen LogP contribution in [-0.2, 0) is 0 Å². The number of hydrogen-bond acceptors (Lipinski definition) is 6. The van der Waals surface area contributed by atoms with E-state index < -0.39 is 0 Å². The molecule has 100 valence electrons. The molecule has 2 rings (SSSR count). The molecule has 0 aromatic carbocycles. The molecular weight excluding hydrogens is 352 g/mol. The Labute approximate surface area is 128 Å². The topological polar surface area (TPSA) is 60.8 Å². The lowest BCUT2D eigenvalue weighted by molar-refractivity contribution is 0.288. The van der Waals surface area contributed by atoms with Crippen LogP contribution in [0.5, 0.6) is 6.01 Å². The minimum Gasteiger partial charge on any atom is -0.463 e. The van der Waals surface area contributed by atoms with Gasteiger partial charge in [0.25, 0.3) is 0 Å². The summed E-state index contributed by atoms with van der Waals surface area (Å²) in [6, 6.07) is 3.99. The van der Waals surface area contributed by atoms with Gasteiger partial charge in [0.1, 0.15) is 5.03 Å². The molecule has 0 amide bonds. The van der Waals surface area contributed by atoms with Crippen LogP contribution < -0.4 is 4.74 Å². The van der Waals surface area contributed by atoms with E-state index in [0.29, 0.717) is 11.8 Å². The molecule has 0 bridgehead atoms. The fraction of sp³-hybridized carbons (Fsp3) is 0.273. The Balaban J connectivity index is 2.15. The second-order valence-corrected chi connectivity index (χ2v) is 5.68. The van der Waals surface area contributed by atoms with E-state index in [9.17, 15) is 0 Å². The first-order chi connectivity index (χ1) is 9.17. The number of pyridine rings is 1. The van der Waals surface area contributed by atoms with E-state index in [2.05, 4.69) is 35.9 Å². The molecule has 8 heteroatoms. The summed E-state index contributed by atoms with van der Waals surface area (Å²) in [7, 11) is 0. The highest BCUT2D eigenvalue weighted by molar-refractivity contribution is 9.10. The van der Waals surface area contributed by atoms with Gasteiger partial charge in [-0.25, -0.2) is 4.98 Å². The molecule has 0 saturated heterocycles. The van der Waals surface area contributed by atoms with Crippen molar-refractivity contribution < 1.29 is 4.74 Å². The fourth-order valence-electron chi connectivity index (χ4n) is 1.13. The average molecular weight is 362 g/mol. The number of rotatable bonds is 5. The zero-order valence-electron chi connectivity index (χ0n) is 10.0. The number of halogens is 2. The second kappa shape index (κ2) is 7.02. The molecule has 19 heavy (non-hydrogen) atoms. The minimum absolute atomic E-state index is 0.112. The number of ether oxygens (including phenoxy) is 1. The summed E-state index contributed by atoms with van der Waals surface area (Å²) in [5.74, 6) is 0. The van der Waals surface area contributed by atoms with Gasteiger partial charge in [-0.1, -0.05) is 6.92 Å². The van der Waals surface area contributed by atoms with Crippen molar-refractivity contribution in [1.29, 1.82) is 0 Å². The van der Waals surface area contributed by atoms with Crippen LogP contribution in [0, 0.1) is 0 Å². The number of nitrogens with zero attached hydrogens (tertiary/aromatic N) is 4. The third-order valence-electron chi connectivity index (χ3n) is 1.90. The van der Waals surface area contributed by atoms with Crippen molar-refractivity contribution in [1.82, 2.24) is 19.9 Å². The van der Waals surface area contributed by atoms with Gasteiger partial charge >= 0.3 is 6.01 Å². The van der Waals surface area contributed by atoms with Crippen LogP contribution in [0.4, 0.5) is 0 Å². The quantitative estimate of drug-likeness (QED) is 0.810. The standard InChI is InChI=1S/C11H10BrClN4OS/c1-2-5-18-10-15-9(13)16-11(17-10)19-8-4-3-7(12)6-14-8/h3-4,6H,2,5H2,1H3. The van der Waals surface area contributed by atoms with E-state index in [0.717, 1.165) is 15.9 Å². The predicted octanol–water partition coefficient (Wildman–Crippen LogP) is 3.62. The third-order valence-corrected chi connectivity index (χ3v) is 3.35. The summed E-state index contributed by atoms with van der Waals surface area (Å²) < 4.78 is 6.26. The maximum atomic E-state index is 5.84. The Morgan fingerprint density at radius 1 is 1.32 bits per heavy atom. The van der Waals surface area contributed by atoms with Gasteiger partial charge in [0.15, 0.2) is 0 Å². The summed E-state index contributed by atoms with van der Waals surface area (Å²) in [6.45, 7) is 2.55. The maximum absolute atomic E-state index is 5.84. The van der Waals surface area contributed by atoms with Crippen molar-refractivity contribution in [3.8, 4) is 6.01 Å². The normalized spacial score (nSPS) is 10.5. The lowest BCUT2D eigenvalue weighted by Gasteiger charge is -2.04. The van der Waals surface area contributed by atoms with Crippen molar-refractivity contribution >= 4 is 39.3 Å².